The average molecular weight is 685 g/mol. The molecule has 0 aliphatic rings. The van der Waals surface area contributed by atoms with Crippen LogP contribution in [0.4, 0.5) is 0 Å². The van der Waals surface area contributed by atoms with Crippen molar-refractivity contribution in [1.29, 1.82) is 0 Å². The number of aromatic nitrogens is 4. The molecule has 0 aliphatic carbocycles. The molecule has 0 spiro atoms. The lowest BCUT2D eigenvalue weighted by atomic mass is 9.98. The first kappa shape index (κ1) is 28.3. The topological polar surface area (TPSA) is 35.1 Å². The fourth-order valence-electron chi connectivity index (χ4n) is 9.55. The lowest BCUT2D eigenvalue weighted by molar-refractivity contribution is 1.08. The monoisotopic (exact) mass is 684 g/mol. The lowest BCUT2D eigenvalue weighted by Crippen LogP contribution is -2.04. The number of rotatable bonds is 2. The van der Waals surface area contributed by atoms with Crippen molar-refractivity contribution in [2.75, 3.05) is 0 Å². The number of benzene rings is 9. The van der Waals surface area contributed by atoms with Crippen LogP contribution >= 0.6 is 0 Å². The molecule has 0 fully saturated rings. The zero-order valence-corrected chi connectivity index (χ0v) is 29.0. The van der Waals surface area contributed by atoms with E-state index >= 15 is 0 Å². The highest BCUT2D eigenvalue weighted by Gasteiger charge is 2.27. The summed E-state index contributed by atoms with van der Waals surface area (Å²) < 4.78 is 4.96. The first-order chi connectivity index (χ1) is 26.8. The minimum Gasteiger partial charge on any atom is -0.308 e. The second-order valence-electron chi connectivity index (χ2n) is 14.5. The zero-order chi connectivity index (χ0) is 35.1. The molecular weight excluding hydrogens is 657 g/mol. The lowest BCUT2D eigenvalue weighted by Gasteiger charge is -2.16. The van der Waals surface area contributed by atoms with Gasteiger partial charge in [0.15, 0.2) is 5.82 Å². The minimum atomic E-state index is 0.824. The Kier molecular flexibility index (Phi) is 5.34. The van der Waals surface area contributed by atoms with Crippen molar-refractivity contribution in [2.45, 2.75) is 0 Å². The second-order valence-corrected chi connectivity index (χ2v) is 14.5. The highest BCUT2D eigenvalue weighted by atomic mass is 15.1. The molecule has 0 atom stereocenters. The van der Waals surface area contributed by atoms with Crippen molar-refractivity contribution >= 4 is 103 Å². The van der Waals surface area contributed by atoms with Crippen LogP contribution < -0.4 is 0 Å². The summed E-state index contributed by atoms with van der Waals surface area (Å²) in [5, 5.41) is 14.6. The third-order valence-electron chi connectivity index (χ3n) is 11.7. The van der Waals surface area contributed by atoms with Crippen molar-refractivity contribution < 1.29 is 0 Å². The number of hydrogen-bond acceptors (Lipinski definition) is 2. The smallest absolute Gasteiger partial charge is 0.165 e. The van der Waals surface area contributed by atoms with Crippen LogP contribution in [0.15, 0.2) is 170 Å². The van der Waals surface area contributed by atoms with Gasteiger partial charge < -0.3 is 4.40 Å². The normalized spacial score (nSPS) is 12.4. The van der Waals surface area contributed by atoms with E-state index in [0.29, 0.717) is 0 Å². The van der Waals surface area contributed by atoms with Gasteiger partial charge in [-0.1, -0.05) is 140 Å². The van der Waals surface area contributed by atoms with Crippen LogP contribution in [0.3, 0.4) is 0 Å². The predicted octanol–water partition coefficient (Wildman–Crippen LogP) is 13.0. The van der Waals surface area contributed by atoms with Crippen LogP contribution in [-0.2, 0) is 0 Å². The molecule has 0 radical (unpaired) electrons. The van der Waals surface area contributed by atoms with E-state index in [0.717, 1.165) is 49.9 Å². The summed E-state index contributed by atoms with van der Waals surface area (Å²) in [6.07, 6.45) is 0. The Labute approximate surface area is 308 Å². The molecule has 4 heterocycles. The Morgan fingerprint density at radius 1 is 0.370 bits per heavy atom. The summed E-state index contributed by atoms with van der Waals surface area (Å²) >= 11 is 0. The molecule has 13 aromatic rings. The zero-order valence-electron chi connectivity index (χ0n) is 29.0. The Morgan fingerprint density at radius 2 is 1.04 bits per heavy atom. The largest absolute Gasteiger partial charge is 0.308 e. The van der Waals surface area contributed by atoms with Gasteiger partial charge in [-0.15, -0.1) is 0 Å². The second kappa shape index (κ2) is 10.2. The van der Waals surface area contributed by atoms with E-state index in [2.05, 4.69) is 179 Å². The molecule has 0 N–H and O–H groups in total. The summed E-state index contributed by atoms with van der Waals surface area (Å²) in [4.78, 5) is 11.2. The van der Waals surface area contributed by atoms with Crippen LogP contribution in [0.1, 0.15) is 0 Å². The quantitative estimate of drug-likeness (QED) is 0.170. The summed E-state index contributed by atoms with van der Waals surface area (Å²) in [6, 6.07) is 61.5. The molecule has 0 bridgehead atoms. The standard InChI is InChI=1S/C50H28N4/c1-2-14-30(15-3-1)46-50(51-39-26-25-29-13-4-8-19-34(29)47(39)52-46)54-41-24-12-22-36-38-27-31-16-5-7-18-33(31)43-37-21-10-11-23-40(37)53(49(38)43)42-28-32-17-6-9-20-35(32)48(54)45(42)44(36)41/h1-28H. The van der Waals surface area contributed by atoms with E-state index in [1.54, 1.807) is 0 Å². The Hall–Kier alpha value is -7.30. The van der Waals surface area contributed by atoms with Gasteiger partial charge in [0.2, 0.25) is 0 Å². The van der Waals surface area contributed by atoms with Gasteiger partial charge in [-0.05, 0) is 57.3 Å². The average Bonchev–Trinajstić information content (AvgIpc) is 3.74. The third kappa shape index (κ3) is 3.52. The first-order valence-electron chi connectivity index (χ1n) is 18.5. The maximum Gasteiger partial charge on any atom is 0.165 e. The van der Waals surface area contributed by atoms with Gasteiger partial charge in [0, 0.05) is 43.3 Å². The summed E-state index contributed by atoms with van der Waals surface area (Å²) in [6.45, 7) is 0. The maximum atomic E-state index is 5.61. The summed E-state index contributed by atoms with van der Waals surface area (Å²) in [7, 11) is 0. The van der Waals surface area contributed by atoms with E-state index in [1.165, 1.54) is 70.4 Å². The molecule has 4 heteroatoms. The third-order valence-corrected chi connectivity index (χ3v) is 11.7. The molecule has 9 aromatic carbocycles. The SMILES string of the molecule is c1ccc(-c2nc3c(ccc4ccccc43)nc2-n2c3cccc4c5cc6ccccc6c6c7ccccc7n(c7cc8ccccc8c2c7c43)c56)cc1. The van der Waals surface area contributed by atoms with Crippen molar-refractivity contribution in [3.8, 4) is 17.1 Å². The molecule has 0 amide bonds. The van der Waals surface area contributed by atoms with Gasteiger partial charge in [-0.25, -0.2) is 9.97 Å². The molecule has 0 unspecified atom stereocenters. The predicted molar refractivity (Wildman–Crippen MR) is 226 cm³/mol. The van der Waals surface area contributed by atoms with Gasteiger partial charge in [-0.3, -0.25) is 4.57 Å². The number of fused-ring (bicyclic) bond motifs is 12. The molecule has 4 aromatic heterocycles. The molecule has 4 nitrogen and oxygen atoms in total. The van der Waals surface area contributed by atoms with Crippen LogP contribution in [0.2, 0.25) is 0 Å². The fourth-order valence-corrected chi connectivity index (χ4v) is 9.55. The van der Waals surface area contributed by atoms with Crippen molar-refractivity contribution in [3.05, 3.63) is 170 Å². The molecule has 0 saturated heterocycles. The minimum absolute atomic E-state index is 0.824. The Bertz CT molecular complexity index is 3720. The Morgan fingerprint density at radius 3 is 1.89 bits per heavy atom. The van der Waals surface area contributed by atoms with Crippen LogP contribution in [0.25, 0.3) is 120 Å². The highest BCUT2D eigenvalue weighted by Crippen LogP contribution is 2.48. The van der Waals surface area contributed by atoms with Gasteiger partial charge in [0.05, 0.1) is 38.6 Å². The first-order valence-corrected chi connectivity index (χ1v) is 18.5. The molecule has 0 saturated carbocycles. The van der Waals surface area contributed by atoms with Gasteiger partial charge in [0.25, 0.3) is 0 Å². The molecular formula is C50H28N4. The van der Waals surface area contributed by atoms with Crippen LogP contribution in [0.5, 0.6) is 0 Å². The molecule has 0 aliphatic heterocycles. The molecule has 54 heavy (non-hydrogen) atoms. The highest BCUT2D eigenvalue weighted by molar-refractivity contribution is 6.37. The van der Waals surface area contributed by atoms with E-state index in [4.69, 9.17) is 9.97 Å². The summed E-state index contributed by atoms with van der Waals surface area (Å²) in [5.74, 6) is 0.824. The van der Waals surface area contributed by atoms with E-state index in [1.807, 2.05) is 0 Å². The van der Waals surface area contributed by atoms with Crippen molar-refractivity contribution in [1.82, 2.24) is 18.9 Å². The number of hydrogen-bond donors (Lipinski definition) is 0. The number of para-hydroxylation sites is 1. The molecule has 248 valence electrons. The maximum absolute atomic E-state index is 5.61. The summed E-state index contributed by atoms with van der Waals surface area (Å²) in [5.41, 5.74) is 9.56. The van der Waals surface area contributed by atoms with Crippen LogP contribution in [-0.4, -0.2) is 18.9 Å². The fraction of sp³-hybridized carbons (Fsp3) is 0. The van der Waals surface area contributed by atoms with E-state index < -0.39 is 0 Å². The van der Waals surface area contributed by atoms with E-state index in [-0.39, 0.29) is 0 Å². The number of nitrogens with zero attached hydrogens (tertiary/aromatic N) is 4. The van der Waals surface area contributed by atoms with Crippen molar-refractivity contribution in [2.24, 2.45) is 0 Å². The molecule has 13 rings (SSSR count). The Balaban J connectivity index is 1.34. The van der Waals surface area contributed by atoms with Gasteiger partial charge in [-0.2, -0.15) is 0 Å². The van der Waals surface area contributed by atoms with Crippen molar-refractivity contribution in [3.63, 3.8) is 0 Å². The van der Waals surface area contributed by atoms with Gasteiger partial charge in [0.1, 0.15) is 5.69 Å². The van der Waals surface area contributed by atoms with E-state index in [9.17, 15) is 0 Å². The van der Waals surface area contributed by atoms with Crippen LogP contribution in [0, 0.1) is 0 Å². The van der Waals surface area contributed by atoms with Gasteiger partial charge >= 0.3 is 0 Å².